The van der Waals surface area contributed by atoms with E-state index >= 15 is 0 Å². The van der Waals surface area contributed by atoms with Crippen LogP contribution in [0.3, 0.4) is 0 Å². The molecule has 1 aromatic heterocycles. The number of sulfonamides is 1. The second-order valence-electron chi connectivity index (χ2n) is 3.85. The first-order valence-corrected chi connectivity index (χ1v) is 6.97. The molecule has 1 aromatic carbocycles. The molecule has 0 saturated carbocycles. The first kappa shape index (κ1) is 14.1. The van der Waals surface area contributed by atoms with Crippen LogP contribution < -0.4 is 10.5 Å². The standard InChI is InChI=1S/C12H10FN3O3S/c13-8-4-5-11(20(14,18)19)10(7-8)16-12(17)9-3-1-2-6-15-9/h1-7H,(H,16,17)(H2,14,18,19). The van der Waals surface area contributed by atoms with E-state index < -0.39 is 21.7 Å². The summed E-state index contributed by atoms with van der Waals surface area (Å²) >= 11 is 0. The Bertz CT molecular complexity index is 748. The van der Waals surface area contributed by atoms with Gasteiger partial charge in [-0.25, -0.2) is 17.9 Å². The van der Waals surface area contributed by atoms with Gasteiger partial charge in [0.2, 0.25) is 10.0 Å². The van der Waals surface area contributed by atoms with E-state index in [1.807, 2.05) is 0 Å². The van der Waals surface area contributed by atoms with E-state index in [1.54, 1.807) is 12.1 Å². The molecule has 104 valence electrons. The minimum Gasteiger partial charge on any atom is -0.319 e. The molecule has 0 saturated heterocycles. The highest BCUT2D eigenvalue weighted by Crippen LogP contribution is 2.21. The number of carbonyl (C=O) groups is 1. The fourth-order valence-corrected chi connectivity index (χ4v) is 2.21. The van der Waals surface area contributed by atoms with Gasteiger partial charge < -0.3 is 5.32 Å². The van der Waals surface area contributed by atoms with Crippen LogP contribution in [0.4, 0.5) is 10.1 Å². The molecule has 2 rings (SSSR count). The molecule has 0 spiro atoms. The summed E-state index contributed by atoms with van der Waals surface area (Å²) in [7, 11) is -4.08. The van der Waals surface area contributed by atoms with Gasteiger partial charge in [0, 0.05) is 6.20 Å². The first-order valence-electron chi connectivity index (χ1n) is 5.42. The molecule has 3 N–H and O–H groups in total. The number of pyridine rings is 1. The Morgan fingerprint density at radius 1 is 1.25 bits per heavy atom. The van der Waals surface area contributed by atoms with Gasteiger partial charge in [0.15, 0.2) is 0 Å². The first-order chi connectivity index (χ1) is 9.38. The maximum Gasteiger partial charge on any atom is 0.274 e. The highest BCUT2D eigenvalue weighted by molar-refractivity contribution is 7.89. The van der Waals surface area contributed by atoms with Gasteiger partial charge in [-0.2, -0.15) is 0 Å². The maximum atomic E-state index is 13.2. The molecule has 20 heavy (non-hydrogen) atoms. The average molecular weight is 295 g/mol. The van der Waals surface area contributed by atoms with Crippen LogP contribution in [0.2, 0.25) is 0 Å². The van der Waals surface area contributed by atoms with Crippen molar-refractivity contribution in [3.05, 3.63) is 54.1 Å². The summed E-state index contributed by atoms with van der Waals surface area (Å²) in [6.45, 7) is 0. The Morgan fingerprint density at radius 2 is 2.00 bits per heavy atom. The number of nitrogens with zero attached hydrogens (tertiary/aromatic N) is 1. The van der Waals surface area contributed by atoms with Crippen molar-refractivity contribution in [3.63, 3.8) is 0 Å². The Morgan fingerprint density at radius 3 is 2.60 bits per heavy atom. The van der Waals surface area contributed by atoms with Crippen molar-refractivity contribution in [3.8, 4) is 0 Å². The fourth-order valence-electron chi connectivity index (χ4n) is 1.53. The number of anilines is 1. The molecule has 0 unspecified atom stereocenters. The largest absolute Gasteiger partial charge is 0.319 e. The summed E-state index contributed by atoms with van der Waals surface area (Å²) in [5.74, 6) is -1.37. The van der Waals surface area contributed by atoms with Crippen LogP contribution in [0.1, 0.15) is 10.5 Å². The normalized spacial score (nSPS) is 11.1. The summed E-state index contributed by atoms with van der Waals surface area (Å²) in [5, 5.41) is 7.28. The number of aromatic nitrogens is 1. The Labute approximate surface area is 114 Å². The van der Waals surface area contributed by atoms with Gasteiger partial charge in [-0.15, -0.1) is 0 Å². The number of carbonyl (C=O) groups excluding carboxylic acids is 1. The van der Waals surface area contributed by atoms with Crippen molar-refractivity contribution >= 4 is 21.6 Å². The minimum atomic E-state index is -4.08. The summed E-state index contributed by atoms with van der Waals surface area (Å²) in [6, 6.07) is 7.45. The lowest BCUT2D eigenvalue weighted by atomic mass is 10.3. The number of amides is 1. The minimum absolute atomic E-state index is 0.0668. The van der Waals surface area contributed by atoms with Gasteiger partial charge in [0.05, 0.1) is 5.69 Å². The molecule has 2 aromatic rings. The smallest absolute Gasteiger partial charge is 0.274 e. The van der Waals surface area contributed by atoms with Crippen molar-refractivity contribution in [1.29, 1.82) is 0 Å². The van der Waals surface area contributed by atoms with E-state index in [0.717, 1.165) is 18.2 Å². The monoisotopic (exact) mass is 295 g/mol. The van der Waals surface area contributed by atoms with Gasteiger partial charge in [0.1, 0.15) is 16.4 Å². The highest BCUT2D eigenvalue weighted by Gasteiger charge is 2.17. The number of hydrogen-bond donors (Lipinski definition) is 2. The van der Waals surface area contributed by atoms with E-state index in [1.165, 1.54) is 12.3 Å². The van der Waals surface area contributed by atoms with Crippen molar-refractivity contribution in [2.24, 2.45) is 5.14 Å². The molecule has 0 fully saturated rings. The second-order valence-corrected chi connectivity index (χ2v) is 5.38. The Balaban J connectivity index is 2.39. The van der Waals surface area contributed by atoms with E-state index in [4.69, 9.17) is 5.14 Å². The van der Waals surface area contributed by atoms with Gasteiger partial charge in [0.25, 0.3) is 5.91 Å². The number of primary sulfonamides is 1. The zero-order chi connectivity index (χ0) is 14.8. The molecular formula is C12H10FN3O3S. The molecule has 8 heteroatoms. The molecule has 0 aliphatic carbocycles. The molecule has 1 amide bonds. The lowest BCUT2D eigenvalue weighted by molar-refractivity contribution is 0.102. The third kappa shape index (κ3) is 3.16. The topological polar surface area (TPSA) is 102 Å². The fraction of sp³-hybridized carbons (Fsp3) is 0. The van der Waals surface area contributed by atoms with Crippen molar-refractivity contribution in [2.75, 3.05) is 5.32 Å². The lowest BCUT2D eigenvalue weighted by Gasteiger charge is -2.09. The molecule has 0 atom stereocenters. The van der Waals surface area contributed by atoms with E-state index in [-0.39, 0.29) is 16.3 Å². The zero-order valence-corrected chi connectivity index (χ0v) is 10.9. The van der Waals surface area contributed by atoms with Crippen LogP contribution in [-0.2, 0) is 10.0 Å². The Kier molecular flexibility index (Phi) is 3.77. The number of rotatable bonds is 3. The van der Waals surface area contributed by atoms with Crippen LogP contribution in [0, 0.1) is 5.82 Å². The quantitative estimate of drug-likeness (QED) is 0.885. The predicted molar refractivity (Wildman–Crippen MR) is 70.0 cm³/mol. The summed E-state index contributed by atoms with van der Waals surface area (Å²) in [6.07, 6.45) is 1.40. The molecule has 0 aliphatic rings. The Hall–Kier alpha value is -2.32. The van der Waals surface area contributed by atoms with Gasteiger partial charge >= 0.3 is 0 Å². The van der Waals surface area contributed by atoms with Crippen molar-refractivity contribution < 1.29 is 17.6 Å². The van der Waals surface area contributed by atoms with Crippen LogP contribution >= 0.6 is 0 Å². The van der Waals surface area contributed by atoms with Crippen molar-refractivity contribution in [2.45, 2.75) is 4.90 Å². The summed E-state index contributed by atoms with van der Waals surface area (Å²) < 4.78 is 35.9. The number of halogens is 1. The molecular weight excluding hydrogens is 285 g/mol. The van der Waals surface area contributed by atoms with Gasteiger partial charge in [-0.05, 0) is 30.3 Å². The highest BCUT2D eigenvalue weighted by atomic mass is 32.2. The van der Waals surface area contributed by atoms with Crippen LogP contribution in [0.5, 0.6) is 0 Å². The van der Waals surface area contributed by atoms with Gasteiger partial charge in [-0.3, -0.25) is 9.78 Å². The molecule has 1 heterocycles. The molecule has 6 nitrogen and oxygen atoms in total. The third-order valence-electron chi connectivity index (χ3n) is 2.39. The van der Waals surface area contributed by atoms with E-state index in [9.17, 15) is 17.6 Å². The number of hydrogen-bond acceptors (Lipinski definition) is 4. The number of nitrogens with two attached hydrogens (primary N) is 1. The SMILES string of the molecule is NS(=O)(=O)c1ccc(F)cc1NC(=O)c1ccccn1. The number of benzene rings is 1. The second kappa shape index (κ2) is 5.35. The average Bonchev–Trinajstić information content (AvgIpc) is 2.38. The van der Waals surface area contributed by atoms with E-state index in [2.05, 4.69) is 10.3 Å². The third-order valence-corrected chi connectivity index (χ3v) is 3.36. The van der Waals surface area contributed by atoms with E-state index in [0.29, 0.717) is 0 Å². The van der Waals surface area contributed by atoms with Gasteiger partial charge in [-0.1, -0.05) is 6.07 Å². The lowest BCUT2D eigenvalue weighted by Crippen LogP contribution is -2.19. The summed E-state index contributed by atoms with van der Waals surface area (Å²) in [4.78, 5) is 15.3. The zero-order valence-electron chi connectivity index (χ0n) is 10.1. The van der Waals surface area contributed by atoms with Crippen molar-refractivity contribution in [1.82, 2.24) is 4.98 Å². The van der Waals surface area contributed by atoms with Crippen LogP contribution in [0.15, 0.2) is 47.5 Å². The maximum absolute atomic E-state index is 13.2. The molecule has 0 bridgehead atoms. The molecule has 0 radical (unpaired) electrons. The molecule has 0 aliphatic heterocycles. The van der Waals surface area contributed by atoms with Crippen LogP contribution in [0.25, 0.3) is 0 Å². The summed E-state index contributed by atoms with van der Waals surface area (Å²) in [5.41, 5.74) is -0.166. The van der Waals surface area contributed by atoms with Crippen LogP contribution in [-0.4, -0.2) is 19.3 Å². The number of nitrogens with one attached hydrogen (secondary N) is 1. The predicted octanol–water partition coefficient (Wildman–Crippen LogP) is 1.12.